The summed E-state index contributed by atoms with van der Waals surface area (Å²) in [5, 5.41) is 10.4. The fourth-order valence-electron chi connectivity index (χ4n) is 2.53. The molecule has 8 heteroatoms. The molecular weight excluding hydrogens is 284 g/mol. The summed E-state index contributed by atoms with van der Waals surface area (Å²) < 4.78 is 11.2. The number of hydrogen-bond acceptors (Lipinski definition) is 7. The molecule has 1 fully saturated rings. The van der Waals surface area contributed by atoms with Gasteiger partial charge in [0.25, 0.3) is 5.88 Å². The Balaban J connectivity index is 1.65. The van der Waals surface area contributed by atoms with Crippen LogP contribution in [0.15, 0.2) is 12.4 Å². The number of hydrogen-bond donors (Lipinski definition) is 2. The first kappa shape index (κ1) is 14.7. The zero-order valence-electron chi connectivity index (χ0n) is 12.7. The van der Waals surface area contributed by atoms with Gasteiger partial charge in [-0.1, -0.05) is 0 Å². The average molecular weight is 304 g/mol. The minimum atomic E-state index is -0.0929. The zero-order chi connectivity index (χ0) is 15.4. The molecule has 2 aromatic heterocycles. The van der Waals surface area contributed by atoms with Gasteiger partial charge in [0.1, 0.15) is 11.9 Å². The molecule has 3 heterocycles. The quantitative estimate of drug-likeness (QED) is 0.834. The van der Waals surface area contributed by atoms with Gasteiger partial charge in [0.15, 0.2) is 11.6 Å². The van der Waals surface area contributed by atoms with E-state index in [1.165, 1.54) is 0 Å². The maximum Gasteiger partial charge on any atom is 0.257 e. The third kappa shape index (κ3) is 3.16. The number of rotatable bonds is 6. The summed E-state index contributed by atoms with van der Waals surface area (Å²) >= 11 is 0. The lowest BCUT2D eigenvalue weighted by Gasteiger charge is -2.17. The third-order valence-electron chi connectivity index (χ3n) is 3.56. The lowest BCUT2D eigenvalue weighted by atomic mass is 10.0. The van der Waals surface area contributed by atoms with Gasteiger partial charge in [0.05, 0.1) is 6.61 Å². The monoisotopic (exact) mass is 304 g/mol. The molecule has 1 aliphatic rings. The maximum absolute atomic E-state index is 5.78. The highest BCUT2D eigenvalue weighted by Crippen LogP contribution is 2.33. The predicted molar refractivity (Wildman–Crippen MR) is 79.6 cm³/mol. The van der Waals surface area contributed by atoms with Gasteiger partial charge in [-0.25, -0.2) is 15.0 Å². The summed E-state index contributed by atoms with van der Waals surface area (Å²) in [6, 6.07) is 0. The van der Waals surface area contributed by atoms with E-state index in [1.807, 2.05) is 13.8 Å². The highest BCUT2D eigenvalue weighted by molar-refractivity contribution is 5.44. The van der Waals surface area contributed by atoms with Crippen LogP contribution in [0.3, 0.4) is 0 Å². The highest BCUT2D eigenvalue weighted by atomic mass is 16.5. The standard InChI is InChI=1S/C14H20N6O2/c1-3-21-14-13(15-5-6-16-14)17-8-10-4-7-22-11(10)12-18-9(2)19-20-12/h5-6,10-11H,3-4,7-8H2,1-2H3,(H,15,17)(H,18,19,20)/t10-,11-/m0/s1. The van der Waals surface area contributed by atoms with E-state index in [4.69, 9.17) is 9.47 Å². The largest absolute Gasteiger partial charge is 0.475 e. The van der Waals surface area contributed by atoms with Crippen molar-refractivity contribution in [2.24, 2.45) is 5.92 Å². The Bertz CT molecular complexity index is 617. The van der Waals surface area contributed by atoms with Gasteiger partial charge in [-0.15, -0.1) is 0 Å². The Kier molecular flexibility index (Phi) is 4.47. The molecule has 3 rings (SSSR count). The number of anilines is 1. The van der Waals surface area contributed by atoms with E-state index in [9.17, 15) is 0 Å². The number of aryl methyl sites for hydroxylation is 1. The van der Waals surface area contributed by atoms with Crippen molar-refractivity contribution < 1.29 is 9.47 Å². The zero-order valence-corrected chi connectivity index (χ0v) is 12.7. The van der Waals surface area contributed by atoms with Crippen LogP contribution in [-0.4, -0.2) is 44.9 Å². The van der Waals surface area contributed by atoms with Gasteiger partial charge >= 0.3 is 0 Å². The molecule has 2 aromatic rings. The molecule has 1 aliphatic heterocycles. The van der Waals surface area contributed by atoms with Crippen LogP contribution in [0, 0.1) is 12.8 Å². The van der Waals surface area contributed by atoms with E-state index in [2.05, 4.69) is 30.5 Å². The number of aromatic nitrogens is 5. The molecule has 0 aromatic carbocycles. The van der Waals surface area contributed by atoms with Crippen LogP contribution >= 0.6 is 0 Å². The van der Waals surface area contributed by atoms with E-state index >= 15 is 0 Å². The van der Waals surface area contributed by atoms with Crippen LogP contribution in [0.25, 0.3) is 0 Å². The van der Waals surface area contributed by atoms with Gasteiger partial charge in [-0.05, 0) is 20.3 Å². The van der Waals surface area contributed by atoms with Crippen LogP contribution < -0.4 is 10.1 Å². The fourth-order valence-corrected chi connectivity index (χ4v) is 2.53. The van der Waals surface area contributed by atoms with Crippen molar-refractivity contribution in [2.75, 3.05) is 25.1 Å². The molecule has 8 nitrogen and oxygen atoms in total. The SMILES string of the molecule is CCOc1nccnc1NC[C@@H]1CCO[C@@H]1c1n[nH]c(C)n1. The molecule has 0 unspecified atom stereocenters. The van der Waals surface area contributed by atoms with Crippen LogP contribution in [-0.2, 0) is 4.74 Å². The van der Waals surface area contributed by atoms with Crippen molar-refractivity contribution in [3.8, 4) is 5.88 Å². The Morgan fingerprint density at radius 3 is 3.05 bits per heavy atom. The van der Waals surface area contributed by atoms with E-state index in [-0.39, 0.29) is 12.0 Å². The summed E-state index contributed by atoms with van der Waals surface area (Å²) in [4.78, 5) is 12.8. The van der Waals surface area contributed by atoms with Crippen molar-refractivity contribution in [3.63, 3.8) is 0 Å². The van der Waals surface area contributed by atoms with E-state index < -0.39 is 0 Å². The van der Waals surface area contributed by atoms with Crippen molar-refractivity contribution in [1.29, 1.82) is 0 Å². The molecule has 1 saturated heterocycles. The van der Waals surface area contributed by atoms with Crippen molar-refractivity contribution >= 4 is 5.82 Å². The molecule has 0 aliphatic carbocycles. The summed E-state index contributed by atoms with van der Waals surface area (Å²) in [6.07, 6.45) is 4.13. The van der Waals surface area contributed by atoms with Crippen LogP contribution in [0.5, 0.6) is 5.88 Å². The Morgan fingerprint density at radius 2 is 2.27 bits per heavy atom. The summed E-state index contributed by atoms with van der Waals surface area (Å²) in [7, 11) is 0. The molecule has 0 radical (unpaired) electrons. The average Bonchev–Trinajstić information content (AvgIpc) is 3.15. The van der Waals surface area contributed by atoms with Gasteiger partial charge in [-0.3, -0.25) is 5.10 Å². The second-order valence-corrected chi connectivity index (χ2v) is 5.14. The predicted octanol–water partition coefficient (Wildman–Crippen LogP) is 1.49. The Hall–Kier alpha value is -2.22. The number of aromatic amines is 1. The van der Waals surface area contributed by atoms with E-state index in [0.717, 1.165) is 12.2 Å². The van der Waals surface area contributed by atoms with Crippen LogP contribution in [0.2, 0.25) is 0 Å². The second kappa shape index (κ2) is 6.69. The van der Waals surface area contributed by atoms with E-state index in [1.54, 1.807) is 12.4 Å². The van der Waals surface area contributed by atoms with Crippen LogP contribution in [0.1, 0.15) is 31.1 Å². The molecule has 0 spiro atoms. The molecule has 2 atom stereocenters. The van der Waals surface area contributed by atoms with Gasteiger partial charge in [0, 0.05) is 31.5 Å². The minimum Gasteiger partial charge on any atom is -0.475 e. The number of H-pyrrole nitrogens is 1. The molecule has 22 heavy (non-hydrogen) atoms. The molecule has 2 N–H and O–H groups in total. The molecular formula is C14H20N6O2. The molecule has 118 valence electrons. The Morgan fingerprint density at radius 1 is 1.41 bits per heavy atom. The first-order valence-corrected chi connectivity index (χ1v) is 7.46. The molecule has 0 amide bonds. The number of nitrogens with one attached hydrogen (secondary N) is 2. The normalized spacial score (nSPS) is 21.0. The highest BCUT2D eigenvalue weighted by Gasteiger charge is 2.32. The summed E-state index contributed by atoms with van der Waals surface area (Å²) in [5.41, 5.74) is 0. The first-order chi connectivity index (χ1) is 10.8. The lowest BCUT2D eigenvalue weighted by molar-refractivity contribution is 0.0863. The van der Waals surface area contributed by atoms with Gasteiger partial charge < -0.3 is 14.8 Å². The molecule has 0 saturated carbocycles. The van der Waals surface area contributed by atoms with Gasteiger partial charge in [0.2, 0.25) is 0 Å². The van der Waals surface area contributed by atoms with Crippen molar-refractivity contribution in [2.45, 2.75) is 26.4 Å². The smallest absolute Gasteiger partial charge is 0.257 e. The number of nitrogens with zero attached hydrogens (tertiary/aromatic N) is 4. The minimum absolute atomic E-state index is 0.0929. The molecule has 0 bridgehead atoms. The summed E-state index contributed by atoms with van der Waals surface area (Å²) in [5.74, 6) is 2.97. The second-order valence-electron chi connectivity index (χ2n) is 5.14. The Labute approximate surface area is 128 Å². The van der Waals surface area contributed by atoms with Crippen LogP contribution in [0.4, 0.5) is 5.82 Å². The summed E-state index contributed by atoms with van der Waals surface area (Å²) in [6.45, 7) is 5.77. The number of ether oxygens (including phenoxy) is 2. The fraction of sp³-hybridized carbons (Fsp3) is 0.571. The van der Waals surface area contributed by atoms with E-state index in [0.29, 0.717) is 37.3 Å². The maximum atomic E-state index is 5.78. The van der Waals surface area contributed by atoms with Crippen molar-refractivity contribution in [1.82, 2.24) is 25.1 Å². The topological polar surface area (TPSA) is 97.8 Å². The van der Waals surface area contributed by atoms with Crippen molar-refractivity contribution in [3.05, 3.63) is 24.0 Å². The third-order valence-corrected chi connectivity index (χ3v) is 3.56. The van der Waals surface area contributed by atoms with Gasteiger partial charge in [-0.2, -0.15) is 5.10 Å². The lowest BCUT2D eigenvalue weighted by Crippen LogP contribution is -2.20. The first-order valence-electron chi connectivity index (χ1n) is 7.46.